The van der Waals surface area contributed by atoms with E-state index in [0.717, 1.165) is 29.8 Å². The summed E-state index contributed by atoms with van der Waals surface area (Å²) in [6, 6.07) is 8.09. The fourth-order valence-corrected chi connectivity index (χ4v) is 2.43. The number of ether oxygens (including phenoxy) is 1. The van der Waals surface area contributed by atoms with E-state index in [0.29, 0.717) is 6.61 Å². The molecular weight excluding hydrogens is 240 g/mol. The second-order valence-corrected chi connectivity index (χ2v) is 4.93. The number of fused-ring (bicyclic) bond motifs is 1. The summed E-state index contributed by atoms with van der Waals surface area (Å²) < 4.78 is 5.69. The Kier molecular flexibility index (Phi) is 3.31. The van der Waals surface area contributed by atoms with E-state index in [1.165, 1.54) is 0 Å². The number of morpholine rings is 1. The summed E-state index contributed by atoms with van der Waals surface area (Å²) in [6.07, 6.45) is 1.68. The third-order valence-electron chi connectivity index (χ3n) is 3.50. The summed E-state index contributed by atoms with van der Waals surface area (Å²) in [7, 11) is 0. The van der Waals surface area contributed by atoms with Crippen molar-refractivity contribution in [2.24, 2.45) is 5.73 Å². The molecule has 2 unspecified atom stereocenters. The first kappa shape index (κ1) is 12.3. The normalized spacial score (nSPS) is 21.6. The van der Waals surface area contributed by atoms with Crippen molar-refractivity contribution >= 4 is 16.7 Å². The van der Waals surface area contributed by atoms with Crippen molar-refractivity contribution in [1.82, 2.24) is 9.97 Å². The number of benzene rings is 1. The monoisotopic (exact) mass is 258 g/mol. The van der Waals surface area contributed by atoms with E-state index in [1.54, 1.807) is 6.33 Å². The Bertz CT molecular complexity index is 567. The van der Waals surface area contributed by atoms with Crippen LogP contribution in [0.15, 0.2) is 30.6 Å². The van der Waals surface area contributed by atoms with Gasteiger partial charge in [-0.25, -0.2) is 9.97 Å². The topological polar surface area (TPSA) is 64.3 Å². The lowest BCUT2D eigenvalue weighted by atomic mass is 10.1. The Morgan fingerprint density at radius 3 is 3.05 bits per heavy atom. The summed E-state index contributed by atoms with van der Waals surface area (Å²) in [4.78, 5) is 11.0. The van der Waals surface area contributed by atoms with E-state index in [2.05, 4.69) is 20.9 Å². The van der Waals surface area contributed by atoms with Gasteiger partial charge in [0, 0.05) is 24.5 Å². The largest absolute Gasteiger partial charge is 0.373 e. The molecule has 0 spiro atoms. The van der Waals surface area contributed by atoms with Crippen LogP contribution in [0.25, 0.3) is 10.9 Å². The average Bonchev–Trinajstić information content (AvgIpc) is 2.47. The predicted octanol–water partition coefficient (Wildman–Crippen LogP) is 1.18. The zero-order chi connectivity index (χ0) is 13.2. The van der Waals surface area contributed by atoms with E-state index in [9.17, 15) is 0 Å². The molecule has 1 aromatic carbocycles. The summed E-state index contributed by atoms with van der Waals surface area (Å²) in [5, 5.41) is 1.08. The summed E-state index contributed by atoms with van der Waals surface area (Å²) in [5.74, 6) is 0.972. The molecule has 19 heavy (non-hydrogen) atoms. The van der Waals surface area contributed by atoms with Gasteiger partial charge in [0.2, 0.25) is 0 Å². The van der Waals surface area contributed by atoms with Crippen LogP contribution in [0.4, 0.5) is 5.82 Å². The lowest BCUT2D eigenvalue weighted by molar-refractivity contribution is 0.0274. The third-order valence-corrected chi connectivity index (χ3v) is 3.50. The maximum Gasteiger partial charge on any atom is 0.140 e. The second-order valence-electron chi connectivity index (χ2n) is 4.93. The first-order chi connectivity index (χ1) is 9.25. The number of nitrogens with zero attached hydrogens (tertiary/aromatic N) is 3. The van der Waals surface area contributed by atoms with Gasteiger partial charge < -0.3 is 15.4 Å². The number of nitrogens with two attached hydrogens (primary N) is 1. The molecule has 0 radical (unpaired) electrons. The number of hydrogen-bond acceptors (Lipinski definition) is 5. The smallest absolute Gasteiger partial charge is 0.140 e. The molecule has 1 saturated heterocycles. The van der Waals surface area contributed by atoms with Crippen molar-refractivity contribution in [1.29, 1.82) is 0 Å². The van der Waals surface area contributed by atoms with E-state index >= 15 is 0 Å². The van der Waals surface area contributed by atoms with Crippen LogP contribution >= 0.6 is 0 Å². The van der Waals surface area contributed by atoms with Gasteiger partial charge in [-0.1, -0.05) is 12.1 Å². The number of hydrogen-bond donors (Lipinski definition) is 1. The van der Waals surface area contributed by atoms with Crippen molar-refractivity contribution < 1.29 is 4.74 Å². The van der Waals surface area contributed by atoms with Gasteiger partial charge >= 0.3 is 0 Å². The van der Waals surface area contributed by atoms with Crippen LogP contribution in [0, 0.1) is 0 Å². The van der Waals surface area contributed by atoms with Gasteiger partial charge in [-0.2, -0.15) is 0 Å². The predicted molar refractivity (Wildman–Crippen MR) is 75.1 cm³/mol. The molecule has 2 aromatic rings. The second kappa shape index (κ2) is 5.11. The zero-order valence-electron chi connectivity index (χ0n) is 11.0. The molecule has 2 heterocycles. The van der Waals surface area contributed by atoms with E-state index in [1.807, 2.05) is 25.1 Å². The van der Waals surface area contributed by atoms with Crippen LogP contribution in [-0.2, 0) is 4.74 Å². The SMILES string of the molecule is CC(N)C1CN(c2ncnc3ccccc23)CCO1. The van der Waals surface area contributed by atoms with Crippen molar-refractivity contribution in [2.75, 3.05) is 24.6 Å². The van der Waals surface area contributed by atoms with Gasteiger partial charge in [-0.3, -0.25) is 0 Å². The first-order valence-electron chi connectivity index (χ1n) is 6.57. The van der Waals surface area contributed by atoms with Crippen LogP contribution in [-0.4, -0.2) is 41.8 Å². The number of para-hydroxylation sites is 1. The van der Waals surface area contributed by atoms with Crippen LogP contribution in [0.2, 0.25) is 0 Å². The molecule has 3 rings (SSSR count). The molecule has 0 bridgehead atoms. The standard InChI is InChI=1S/C14H18N4O/c1-10(15)13-8-18(6-7-19-13)14-11-4-2-3-5-12(11)16-9-17-14/h2-5,9-10,13H,6-8,15H2,1H3. The summed E-state index contributed by atoms with van der Waals surface area (Å²) >= 11 is 0. The quantitative estimate of drug-likeness (QED) is 0.876. The van der Waals surface area contributed by atoms with Gasteiger partial charge in [0.15, 0.2) is 0 Å². The molecule has 2 N–H and O–H groups in total. The van der Waals surface area contributed by atoms with E-state index < -0.39 is 0 Å². The lowest BCUT2D eigenvalue weighted by Crippen LogP contribution is -2.49. The van der Waals surface area contributed by atoms with Gasteiger partial charge in [-0.05, 0) is 19.1 Å². The fourth-order valence-electron chi connectivity index (χ4n) is 2.43. The molecule has 0 aliphatic carbocycles. The van der Waals surface area contributed by atoms with Crippen molar-refractivity contribution in [3.05, 3.63) is 30.6 Å². The molecule has 0 amide bonds. The maximum absolute atomic E-state index is 5.94. The number of aromatic nitrogens is 2. The third kappa shape index (κ3) is 2.39. The summed E-state index contributed by atoms with van der Waals surface area (Å²) in [5.41, 5.74) is 6.90. The number of anilines is 1. The first-order valence-corrected chi connectivity index (χ1v) is 6.57. The lowest BCUT2D eigenvalue weighted by Gasteiger charge is -2.35. The van der Waals surface area contributed by atoms with E-state index in [4.69, 9.17) is 10.5 Å². The van der Waals surface area contributed by atoms with Crippen molar-refractivity contribution in [3.63, 3.8) is 0 Å². The molecule has 1 aliphatic rings. The number of rotatable bonds is 2. The van der Waals surface area contributed by atoms with Crippen LogP contribution < -0.4 is 10.6 Å². The highest BCUT2D eigenvalue weighted by Crippen LogP contribution is 2.24. The highest BCUT2D eigenvalue weighted by atomic mass is 16.5. The molecule has 1 fully saturated rings. The minimum absolute atomic E-state index is 0.0240. The van der Waals surface area contributed by atoms with Crippen LogP contribution in [0.1, 0.15) is 6.92 Å². The molecule has 0 saturated carbocycles. The molecule has 1 aliphatic heterocycles. The highest BCUT2D eigenvalue weighted by molar-refractivity contribution is 5.89. The molecule has 1 aromatic heterocycles. The Hall–Kier alpha value is -1.72. The van der Waals surface area contributed by atoms with Gasteiger partial charge in [0.05, 0.1) is 18.2 Å². The molecule has 5 heteroatoms. The van der Waals surface area contributed by atoms with Gasteiger partial charge in [-0.15, -0.1) is 0 Å². The Morgan fingerprint density at radius 2 is 2.21 bits per heavy atom. The molecule has 5 nitrogen and oxygen atoms in total. The van der Waals surface area contributed by atoms with Crippen LogP contribution in [0.5, 0.6) is 0 Å². The zero-order valence-corrected chi connectivity index (χ0v) is 11.0. The van der Waals surface area contributed by atoms with Crippen molar-refractivity contribution in [3.8, 4) is 0 Å². The minimum Gasteiger partial charge on any atom is -0.373 e. The summed E-state index contributed by atoms with van der Waals surface area (Å²) in [6.45, 7) is 4.28. The molecule has 100 valence electrons. The Labute approximate surface area is 112 Å². The van der Waals surface area contributed by atoms with Gasteiger partial charge in [0.25, 0.3) is 0 Å². The molecular formula is C14H18N4O. The van der Waals surface area contributed by atoms with Crippen LogP contribution in [0.3, 0.4) is 0 Å². The van der Waals surface area contributed by atoms with E-state index in [-0.39, 0.29) is 12.1 Å². The van der Waals surface area contributed by atoms with Gasteiger partial charge in [0.1, 0.15) is 12.1 Å². The Morgan fingerprint density at radius 1 is 1.37 bits per heavy atom. The Balaban J connectivity index is 1.95. The maximum atomic E-state index is 5.94. The van der Waals surface area contributed by atoms with Crippen molar-refractivity contribution in [2.45, 2.75) is 19.1 Å². The highest BCUT2D eigenvalue weighted by Gasteiger charge is 2.25. The fraction of sp³-hybridized carbons (Fsp3) is 0.429. The molecule has 2 atom stereocenters. The minimum atomic E-state index is 0.0240. The average molecular weight is 258 g/mol.